The van der Waals surface area contributed by atoms with Crippen molar-refractivity contribution in [3.8, 4) is 0 Å². The third kappa shape index (κ3) is 31.8. The van der Waals surface area contributed by atoms with E-state index >= 15 is 0 Å². The summed E-state index contributed by atoms with van der Waals surface area (Å²) in [6.07, 6.45) is 12.8. The smallest absolute Gasteiger partial charge is 0.870 e. The molecule has 1 aliphatic rings. The first-order chi connectivity index (χ1) is 8.72. The van der Waals surface area contributed by atoms with Gasteiger partial charge in [-0.3, -0.25) is 0 Å². The Morgan fingerprint density at radius 2 is 1.65 bits per heavy atom. The Kier molecular flexibility index (Phi) is 42.5. The zero-order valence-electron chi connectivity index (χ0n) is 14.3. The van der Waals surface area contributed by atoms with Gasteiger partial charge in [-0.2, -0.15) is 0 Å². The van der Waals surface area contributed by atoms with Crippen molar-refractivity contribution in [1.29, 1.82) is 0 Å². The number of rotatable bonds is 5. The topological polar surface area (TPSA) is 39.2 Å². The van der Waals surface area contributed by atoms with Crippen LogP contribution in [0.4, 0.5) is 0 Å². The quantitative estimate of drug-likeness (QED) is 0.441. The fourth-order valence-electron chi connectivity index (χ4n) is 1.36. The summed E-state index contributed by atoms with van der Waals surface area (Å²) in [6, 6.07) is 0. The van der Waals surface area contributed by atoms with E-state index in [0.29, 0.717) is 5.38 Å². The van der Waals surface area contributed by atoms with Crippen LogP contribution in [-0.2, 0) is 4.74 Å². The van der Waals surface area contributed by atoms with Gasteiger partial charge in [-0.05, 0) is 39.0 Å². The van der Waals surface area contributed by atoms with E-state index in [-0.39, 0.29) is 56.9 Å². The first kappa shape index (κ1) is 29.6. The van der Waals surface area contributed by atoms with E-state index in [1.807, 2.05) is 0 Å². The number of hydrogen-bond acceptors (Lipinski definition) is 2. The van der Waals surface area contributed by atoms with Crippen LogP contribution in [-0.4, -0.2) is 24.1 Å². The second kappa shape index (κ2) is 28.7. The minimum absolute atomic E-state index is 0. The largest absolute Gasteiger partial charge is 1.00 e. The second-order valence-electron chi connectivity index (χ2n) is 4.47. The van der Waals surface area contributed by atoms with E-state index in [2.05, 4.69) is 39.8 Å². The Morgan fingerprint density at radius 1 is 1.10 bits per heavy atom. The standard InChI is InChI=1S/C6H13Cl.C6H12.C4H8O.K.H2O/c1-3-5-6(7)4-2;1-3-5-6-4-2;1-2-4-5-3-1;;/h6H,3-5H2,1-2H3;3,5H,4,6H2,1-2H3;1-4H2;;1H2/q;;;+1;/p-1/b;5-3+;;;. The molecular formula is C16H34ClKO2. The summed E-state index contributed by atoms with van der Waals surface area (Å²) in [5, 5.41) is 0.421. The van der Waals surface area contributed by atoms with Crippen LogP contribution in [0, 0.1) is 0 Å². The second-order valence-corrected chi connectivity index (χ2v) is 5.09. The molecule has 0 radical (unpaired) electrons. The molecule has 1 saturated heterocycles. The third-order valence-electron chi connectivity index (χ3n) is 2.56. The number of allylic oxidation sites excluding steroid dienone is 2. The van der Waals surface area contributed by atoms with Crippen molar-refractivity contribution in [2.45, 2.75) is 78.0 Å². The Balaban J connectivity index is -0.0000000922. The molecule has 1 rings (SSSR count). The van der Waals surface area contributed by atoms with Crippen LogP contribution in [0.3, 0.4) is 0 Å². The molecule has 118 valence electrons. The SMILES string of the molecule is C/C=C/CCC.C1CCOC1.CCCC(Cl)CC.[K+].[OH-]. The van der Waals surface area contributed by atoms with Crippen LogP contribution in [0.2, 0.25) is 0 Å². The summed E-state index contributed by atoms with van der Waals surface area (Å²) < 4.78 is 4.94. The van der Waals surface area contributed by atoms with Crippen LogP contribution in [0.5, 0.6) is 0 Å². The molecule has 2 nitrogen and oxygen atoms in total. The van der Waals surface area contributed by atoms with Gasteiger partial charge in [0.2, 0.25) is 0 Å². The van der Waals surface area contributed by atoms with Crippen molar-refractivity contribution in [1.82, 2.24) is 0 Å². The molecule has 4 heteroatoms. The van der Waals surface area contributed by atoms with E-state index in [1.165, 1.54) is 32.1 Å². The first-order valence-electron chi connectivity index (χ1n) is 7.55. The number of alkyl halides is 1. The summed E-state index contributed by atoms with van der Waals surface area (Å²) >= 11 is 5.77. The Hall–Kier alpha value is 1.59. The van der Waals surface area contributed by atoms with Crippen LogP contribution < -0.4 is 51.4 Å². The van der Waals surface area contributed by atoms with Gasteiger partial charge in [0.15, 0.2) is 0 Å². The van der Waals surface area contributed by atoms with Crippen LogP contribution in [0.15, 0.2) is 12.2 Å². The molecule has 0 spiro atoms. The zero-order valence-corrected chi connectivity index (χ0v) is 18.2. The molecule has 1 fully saturated rings. The van der Waals surface area contributed by atoms with Crippen LogP contribution in [0.25, 0.3) is 0 Å². The molecular weight excluding hydrogens is 299 g/mol. The predicted molar refractivity (Wildman–Crippen MR) is 86.6 cm³/mol. The predicted octanol–water partition coefficient (Wildman–Crippen LogP) is 2.79. The van der Waals surface area contributed by atoms with Gasteiger partial charge >= 0.3 is 51.4 Å². The van der Waals surface area contributed by atoms with Crippen molar-refractivity contribution in [2.75, 3.05) is 13.2 Å². The van der Waals surface area contributed by atoms with Gasteiger partial charge in [0.25, 0.3) is 0 Å². The van der Waals surface area contributed by atoms with Gasteiger partial charge in [-0.25, -0.2) is 0 Å². The average molecular weight is 333 g/mol. The Labute approximate surface area is 174 Å². The monoisotopic (exact) mass is 332 g/mol. The minimum Gasteiger partial charge on any atom is -0.870 e. The van der Waals surface area contributed by atoms with Crippen molar-refractivity contribution in [3.05, 3.63) is 12.2 Å². The first-order valence-corrected chi connectivity index (χ1v) is 7.99. The molecule has 0 bridgehead atoms. The molecule has 1 heterocycles. The van der Waals surface area contributed by atoms with Gasteiger partial charge in [-0.1, -0.05) is 45.8 Å². The number of unbranched alkanes of at least 4 members (excludes halogenated alkanes) is 1. The molecule has 0 aromatic heterocycles. The van der Waals surface area contributed by atoms with Crippen molar-refractivity contribution < 1.29 is 61.6 Å². The minimum atomic E-state index is 0. The van der Waals surface area contributed by atoms with Gasteiger partial charge in [0.1, 0.15) is 0 Å². The number of ether oxygens (including phenoxy) is 1. The maximum absolute atomic E-state index is 5.77. The van der Waals surface area contributed by atoms with E-state index in [9.17, 15) is 0 Å². The molecule has 0 aliphatic carbocycles. The molecule has 0 saturated carbocycles. The fraction of sp³-hybridized carbons (Fsp3) is 0.875. The van der Waals surface area contributed by atoms with Gasteiger partial charge in [-0.15, -0.1) is 11.6 Å². The van der Waals surface area contributed by atoms with E-state index in [4.69, 9.17) is 16.3 Å². The van der Waals surface area contributed by atoms with Crippen LogP contribution >= 0.6 is 11.6 Å². The summed E-state index contributed by atoms with van der Waals surface area (Å²) in [6.45, 7) is 10.5. The summed E-state index contributed by atoms with van der Waals surface area (Å²) in [4.78, 5) is 0. The average Bonchev–Trinajstić information content (AvgIpc) is 2.96. The number of halogens is 1. The van der Waals surface area contributed by atoms with Gasteiger partial charge < -0.3 is 10.2 Å². The van der Waals surface area contributed by atoms with Crippen LogP contribution in [0.1, 0.15) is 72.6 Å². The Morgan fingerprint density at radius 3 is 1.80 bits per heavy atom. The molecule has 0 amide bonds. The molecule has 1 aliphatic heterocycles. The maximum atomic E-state index is 5.77. The van der Waals surface area contributed by atoms with Gasteiger partial charge in [0.05, 0.1) is 0 Å². The third-order valence-corrected chi connectivity index (χ3v) is 3.09. The molecule has 1 N–H and O–H groups in total. The normalized spacial score (nSPS) is 14.1. The van der Waals surface area contributed by atoms with E-state index < -0.39 is 0 Å². The zero-order chi connectivity index (χ0) is 14.1. The molecule has 1 unspecified atom stereocenters. The molecule has 20 heavy (non-hydrogen) atoms. The van der Waals surface area contributed by atoms with E-state index in [0.717, 1.165) is 26.1 Å². The fourth-order valence-corrected chi connectivity index (χ4v) is 1.58. The summed E-state index contributed by atoms with van der Waals surface area (Å²) in [7, 11) is 0. The van der Waals surface area contributed by atoms with Gasteiger partial charge in [0, 0.05) is 18.6 Å². The van der Waals surface area contributed by atoms with Crippen molar-refractivity contribution in [2.24, 2.45) is 0 Å². The summed E-state index contributed by atoms with van der Waals surface area (Å²) in [5.74, 6) is 0. The Bertz CT molecular complexity index is 155. The van der Waals surface area contributed by atoms with Crippen molar-refractivity contribution in [3.63, 3.8) is 0 Å². The molecule has 0 aromatic carbocycles. The summed E-state index contributed by atoms with van der Waals surface area (Å²) in [5.41, 5.74) is 0. The molecule has 1 atom stereocenters. The van der Waals surface area contributed by atoms with E-state index in [1.54, 1.807) is 0 Å². The molecule has 0 aromatic rings. The maximum Gasteiger partial charge on any atom is 1.00 e. The van der Waals surface area contributed by atoms with Crippen molar-refractivity contribution >= 4 is 11.6 Å². The number of hydrogen-bond donors (Lipinski definition) is 0.